The normalized spacial score (nSPS) is 18.9. The highest BCUT2D eigenvalue weighted by molar-refractivity contribution is 7.99. The van der Waals surface area contributed by atoms with E-state index in [9.17, 15) is 5.11 Å². The Balaban J connectivity index is 1.03. The van der Waals surface area contributed by atoms with Gasteiger partial charge in [0, 0.05) is 28.4 Å². The molecule has 0 bridgehead atoms. The molecule has 4 heteroatoms. The van der Waals surface area contributed by atoms with Crippen molar-refractivity contribution in [2.45, 2.75) is 87.4 Å². The van der Waals surface area contributed by atoms with Gasteiger partial charge < -0.3 is 14.7 Å². The summed E-state index contributed by atoms with van der Waals surface area (Å²) in [6.07, 6.45) is 15.3. The summed E-state index contributed by atoms with van der Waals surface area (Å²) in [4.78, 5) is 4.00. The molecule has 5 rings (SSSR count). The lowest BCUT2D eigenvalue weighted by Gasteiger charge is -2.34. The number of hydrogen-bond donors (Lipinski definition) is 1. The molecule has 2 atom stereocenters. The summed E-state index contributed by atoms with van der Waals surface area (Å²) in [6, 6.07) is 25.4. The van der Waals surface area contributed by atoms with Crippen molar-refractivity contribution in [2.75, 3.05) is 32.0 Å². The maximum atomic E-state index is 10.0. The number of phenolic OH excluding ortho intramolecular Hbond substituents is 1. The van der Waals surface area contributed by atoms with Gasteiger partial charge in [0.1, 0.15) is 11.5 Å². The van der Waals surface area contributed by atoms with Crippen LogP contribution in [0.25, 0.3) is 0 Å². The Labute approximate surface area is 246 Å². The highest BCUT2D eigenvalue weighted by Crippen LogP contribution is 2.47. The van der Waals surface area contributed by atoms with Gasteiger partial charge in [0.25, 0.3) is 0 Å². The van der Waals surface area contributed by atoms with E-state index in [2.05, 4.69) is 59.5 Å². The van der Waals surface area contributed by atoms with E-state index in [1.165, 1.54) is 112 Å². The third-order valence-electron chi connectivity index (χ3n) is 8.71. The quantitative estimate of drug-likeness (QED) is 0.149. The Morgan fingerprint density at radius 2 is 1.40 bits per heavy atom. The average molecular weight is 558 g/mol. The minimum absolute atomic E-state index is 0.205. The highest BCUT2D eigenvalue weighted by Gasteiger charge is 2.33. The van der Waals surface area contributed by atoms with E-state index in [0.717, 1.165) is 11.3 Å². The molecule has 0 aliphatic carbocycles. The summed E-state index contributed by atoms with van der Waals surface area (Å²) in [5.41, 5.74) is 3.76. The fraction of sp³-hybridized carbons (Fsp3) is 0.500. The summed E-state index contributed by atoms with van der Waals surface area (Å²) >= 11 is 1.99. The number of likely N-dealkylation sites (tertiary alicyclic amines) is 1. The van der Waals surface area contributed by atoms with Crippen molar-refractivity contribution in [3.63, 3.8) is 0 Å². The zero-order chi connectivity index (χ0) is 27.4. The van der Waals surface area contributed by atoms with Crippen LogP contribution in [0.1, 0.15) is 99.2 Å². The molecule has 2 unspecified atom stereocenters. The van der Waals surface area contributed by atoms with E-state index in [1.54, 1.807) is 12.1 Å². The second kappa shape index (κ2) is 15.5. The number of thioether (sulfide) groups is 1. The topological polar surface area (TPSA) is 32.7 Å². The molecular weight excluding hydrogens is 510 g/mol. The zero-order valence-corrected chi connectivity index (χ0v) is 24.9. The van der Waals surface area contributed by atoms with Crippen molar-refractivity contribution in [3.05, 3.63) is 89.5 Å². The molecule has 1 N–H and O–H groups in total. The van der Waals surface area contributed by atoms with Crippen LogP contribution in [0.15, 0.2) is 77.7 Å². The number of rotatable bonds is 15. The van der Waals surface area contributed by atoms with Crippen LogP contribution >= 0.6 is 11.8 Å². The first-order valence-corrected chi connectivity index (χ1v) is 16.7. The third-order valence-corrected chi connectivity index (χ3v) is 9.80. The molecule has 40 heavy (non-hydrogen) atoms. The second-order valence-electron chi connectivity index (χ2n) is 11.7. The molecule has 3 aromatic rings. The molecular formula is C36H47NO2S. The van der Waals surface area contributed by atoms with E-state index < -0.39 is 0 Å². The Morgan fingerprint density at radius 1 is 0.725 bits per heavy atom. The first kappa shape index (κ1) is 29.1. The molecule has 3 nitrogen and oxygen atoms in total. The van der Waals surface area contributed by atoms with Crippen LogP contribution in [-0.4, -0.2) is 42.0 Å². The predicted molar refractivity (Wildman–Crippen MR) is 169 cm³/mol. The van der Waals surface area contributed by atoms with Gasteiger partial charge >= 0.3 is 0 Å². The summed E-state index contributed by atoms with van der Waals surface area (Å²) in [7, 11) is 0. The Kier molecular flexibility index (Phi) is 11.3. The van der Waals surface area contributed by atoms with Crippen LogP contribution in [-0.2, 0) is 0 Å². The molecule has 2 heterocycles. The summed E-state index contributed by atoms with van der Waals surface area (Å²) in [6.45, 7) is 4.64. The van der Waals surface area contributed by atoms with E-state index in [0.29, 0.717) is 6.61 Å². The first-order valence-electron chi connectivity index (χ1n) is 15.7. The zero-order valence-electron chi connectivity index (χ0n) is 24.1. The second-order valence-corrected chi connectivity index (χ2v) is 12.8. The van der Waals surface area contributed by atoms with Gasteiger partial charge in [-0.25, -0.2) is 0 Å². The number of ether oxygens (including phenoxy) is 1. The largest absolute Gasteiger partial charge is 0.508 e. The van der Waals surface area contributed by atoms with Crippen LogP contribution < -0.4 is 4.74 Å². The fourth-order valence-electron chi connectivity index (χ4n) is 6.44. The SMILES string of the molecule is Oc1ccc2c(c1)OCC(c1ccccc1)C2c1ccc(SCCCCCCCCCCCN2CCCC2)cc1. The lowest BCUT2D eigenvalue weighted by molar-refractivity contribution is 0.248. The van der Waals surface area contributed by atoms with E-state index >= 15 is 0 Å². The minimum Gasteiger partial charge on any atom is -0.508 e. The summed E-state index contributed by atoms with van der Waals surface area (Å²) in [5, 5.41) is 10.0. The number of hydrogen-bond acceptors (Lipinski definition) is 4. The van der Waals surface area contributed by atoms with Crippen LogP contribution in [0.2, 0.25) is 0 Å². The highest BCUT2D eigenvalue weighted by atomic mass is 32.2. The van der Waals surface area contributed by atoms with Crippen molar-refractivity contribution in [3.8, 4) is 11.5 Å². The lowest BCUT2D eigenvalue weighted by atomic mass is 9.76. The maximum Gasteiger partial charge on any atom is 0.126 e. The van der Waals surface area contributed by atoms with Gasteiger partial charge in [0.15, 0.2) is 0 Å². The number of phenols is 1. The number of nitrogens with zero attached hydrogens (tertiary/aromatic N) is 1. The standard InChI is InChI=1S/C36H47NO2S/c38-31-19-22-33-35(27-31)39-28-34(29-15-9-8-10-16-29)36(33)30-17-20-32(21-18-30)40-26-14-7-5-3-1-2-4-6-11-23-37-24-12-13-25-37/h8-10,15-22,27,34,36,38H,1-7,11-14,23-26,28H2. The molecule has 0 saturated carbocycles. The fourth-order valence-corrected chi connectivity index (χ4v) is 7.35. The first-order chi connectivity index (χ1) is 19.8. The molecule has 1 fully saturated rings. The molecule has 0 radical (unpaired) electrons. The van der Waals surface area contributed by atoms with Gasteiger partial charge in [-0.05, 0) is 80.4 Å². The molecule has 2 aliphatic heterocycles. The van der Waals surface area contributed by atoms with E-state index in [4.69, 9.17) is 4.74 Å². The van der Waals surface area contributed by atoms with Gasteiger partial charge in [-0.15, -0.1) is 11.8 Å². The van der Waals surface area contributed by atoms with Crippen molar-refractivity contribution in [1.29, 1.82) is 0 Å². The molecule has 1 saturated heterocycles. The summed E-state index contributed by atoms with van der Waals surface area (Å²) < 4.78 is 6.12. The Hall–Kier alpha value is -2.43. The Morgan fingerprint density at radius 3 is 2.12 bits per heavy atom. The number of benzene rings is 3. The van der Waals surface area contributed by atoms with Gasteiger partial charge in [0.2, 0.25) is 0 Å². The maximum absolute atomic E-state index is 10.0. The van der Waals surface area contributed by atoms with E-state index in [-0.39, 0.29) is 17.6 Å². The van der Waals surface area contributed by atoms with Crippen LogP contribution in [0.4, 0.5) is 0 Å². The lowest BCUT2D eigenvalue weighted by Crippen LogP contribution is -2.25. The van der Waals surface area contributed by atoms with Crippen molar-refractivity contribution >= 4 is 11.8 Å². The Bertz CT molecular complexity index is 1140. The van der Waals surface area contributed by atoms with Gasteiger partial charge in [-0.2, -0.15) is 0 Å². The van der Waals surface area contributed by atoms with Crippen molar-refractivity contribution in [1.82, 2.24) is 4.90 Å². The molecule has 0 aromatic heterocycles. The predicted octanol–water partition coefficient (Wildman–Crippen LogP) is 9.40. The van der Waals surface area contributed by atoms with Crippen LogP contribution in [0.3, 0.4) is 0 Å². The average Bonchev–Trinajstić information content (AvgIpc) is 3.51. The third kappa shape index (κ3) is 8.30. The van der Waals surface area contributed by atoms with Crippen molar-refractivity contribution in [2.24, 2.45) is 0 Å². The van der Waals surface area contributed by atoms with E-state index in [1.807, 2.05) is 17.8 Å². The number of aromatic hydroxyl groups is 1. The van der Waals surface area contributed by atoms with Gasteiger partial charge in [-0.1, -0.05) is 93.5 Å². The minimum atomic E-state index is 0.205. The van der Waals surface area contributed by atoms with Gasteiger partial charge in [0.05, 0.1) is 6.61 Å². The molecule has 3 aromatic carbocycles. The smallest absolute Gasteiger partial charge is 0.126 e. The molecule has 214 valence electrons. The van der Waals surface area contributed by atoms with Crippen molar-refractivity contribution < 1.29 is 9.84 Å². The number of unbranched alkanes of at least 4 members (excludes halogenated alkanes) is 8. The number of fused-ring (bicyclic) bond motifs is 1. The summed E-state index contributed by atoms with van der Waals surface area (Å²) in [5.74, 6) is 2.70. The van der Waals surface area contributed by atoms with Crippen LogP contribution in [0, 0.1) is 0 Å². The molecule has 2 aliphatic rings. The molecule has 0 amide bonds. The van der Waals surface area contributed by atoms with Gasteiger partial charge in [-0.3, -0.25) is 0 Å². The van der Waals surface area contributed by atoms with Crippen LogP contribution in [0.5, 0.6) is 11.5 Å². The monoisotopic (exact) mass is 557 g/mol. The molecule has 0 spiro atoms.